The number of nitrogens with zero attached hydrogens (tertiary/aromatic N) is 2. The van der Waals surface area contributed by atoms with E-state index in [1.54, 1.807) is 0 Å². The SMILES string of the molecule is O=C(NC[C@@H]1C[C@@H]2C=C[C@H]1C2)c1nc(Cc2c[nH]c3ccccc23)no1. The summed E-state index contributed by atoms with van der Waals surface area (Å²) < 4.78 is 5.17. The number of hydrogen-bond acceptors (Lipinski definition) is 4. The lowest BCUT2D eigenvalue weighted by Crippen LogP contribution is -2.31. The predicted octanol–water partition coefficient (Wildman–Crippen LogP) is 3.08. The fourth-order valence-electron chi connectivity index (χ4n) is 4.29. The van der Waals surface area contributed by atoms with Gasteiger partial charge < -0.3 is 14.8 Å². The van der Waals surface area contributed by atoms with Crippen LogP contribution in [0.25, 0.3) is 10.9 Å². The van der Waals surface area contributed by atoms with E-state index in [1.807, 2.05) is 24.4 Å². The van der Waals surface area contributed by atoms with Crippen molar-refractivity contribution < 1.29 is 9.32 Å². The smallest absolute Gasteiger partial charge is 0.315 e. The maximum Gasteiger partial charge on any atom is 0.315 e. The lowest BCUT2D eigenvalue weighted by atomic mass is 9.94. The quantitative estimate of drug-likeness (QED) is 0.694. The minimum Gasteiger partial charge on any atom is -0.361 e. The Hall–Kier alpha value is -2.89. The Morgan fingerprint density at radius 3 is 3.04 bits per heavy atom. The third kappa shape index (κ3) is 2.71. The molecular formula is C20H20N4O2. The molecule has 0 saturated heterocycles. The van der Waals surface area contributed by atoms with Crippen molar-refractivity contribution >= 4 is 16.8 Å². The van der Waals surface area contributed by atoms with E-state index in [0.717, 1.165) is 22.9 Å². The number of rotatable bonds is 5. The van der Waals surface area contributed by atoms with Gasteiger partial charge in [-0.25, -0.2) is 0 Å². The summed E-state index contributed by atoms with van der Waals surface area (Å²) in [4.78, 5) is 19.8. The first kappa shape index (κ1) is 15.4. The van der Waals surface area contributed by atoms with E-state index in [-0.39, 0.29) is 11.8 Å². The molecule has 0 aliphatic heterocycles. The molecule has 2 N–H and O–H groups in total. The van der Waals surface area contributed by atoms with Crippen molar-refractivity contribution in [2.45, 2.75) is 19.3 Å². The fourth-order valence-corrected chi connectivity index (χ4v) is 4.29. The van der Waals surface area contributed by atoms with Gasteiger partial charge in [-0.1, -0.05) is 35.5 Å². The van der Waals surface area contributed by atoms with Crippen LogP contribution in [0.5, 0.6) is 0 Å². The number of carbonyl (C=O) groups is 1. The lowest BCUT2D eigenvalue weighted by molar-refractivity contribution is 0.0901. The molecule has 3 aromatic rings. The van der Waals surface area contributed by atoms with Crippen LogP contribution in [-0.2, 0) is 6.42 Å². The molecule has 2 aliphatic rings. The molecule has 2 heterocycles. The molecular weight excluding hydrogens is 328 g/mol. The second kappa shape index (κ2) is 6.12. The van der Waals surface area contributed by atoms with Gasteiger partial charge in [-0.15, -0.1) is 0 Å². The molecule has 6 heteroatoms. The largest absolute Gasteiger partial charge is 0.361 e. The zero-order valence-corrected chi connectivity index (χ0v) is 14.3. The summed E-state index contributed by atoms with van der Waals surface area (Å²) in [6, 6.07) is 8.07. The molecule has 1 fully saturated rings. The Morgan fingerprint density at radius 2 is 2.19 bits per heavy atom. The summed E-state index contributed by atoms with van der Waals surface area (Å²) in [5.41, 5.74) is 2.16. The topological polar surface area (TPSA) is 83.8 Å². The number of aromatic nitrogens is 3. The van der Waals surface area contributed by atoms with Gasteiger partial charge in [0.1, 0.15) is 0 Å². The van der Waals surface area contributed by atoms with E-state index in [4.69, 9.17) is 4.52 Å². The third-order valence-corrected chi connectivity index (χ3v) is 5.63. The molecule has 0 unspecified atom stereocenters. The monoisotopic (exact) mass is 348 g/mol. The van der Waals surface area contributed by atoms with Crippen LogP contribution >= 0.6 is 0 Å². The summed E-state index contributed by atoms with van der Waals surface area (Å²) in [6.07, 6.45) is 9.46. The lowest BCUT2D eigenvalue weighted by Gasteiger charge is -2.17. The highest BCUT2D eigenvalue weighted by atomic mass is 16.5. The maximum absolute atomic E-state index is 12.3. The minimum absolute atomic E-state index is 0.0403. The second-order valence-electron chi connectivity index (χ2n) is 7.30. The number of H-pyrrole nitrogens is 1. The molecule has 2 aromatic heterocycles. The zero-order chi connectivity index (χ0) is 17.5. The van der Waals surface area contributed by atoms with Crippen LogP contribution in [0.3, 0.4) is 0 Å². The second-order valence-corrected chi connectivity index (χ2v) is 7.30. The van der Waals surface area contributed by atoms with Crippen molar-refractivity contribution in [3.8, 4) is 0 Å². The number of carbonyl (C=O) groups excluding carboxylic acids is 1. The van der Waals surface area contributed by atoms with Crippen LogP contribution in [0.2, 0.25) is 0 Å². The van der Waals surface area contributed by atoms with Gasteiger partial charge in [0, 0.05) is 30.1 Å². The van der Waals surface area contributed by atoms with Crippen molar-refractivity contribution in [3.05, 3.63) is 59.9 Å². The number of aromatic amines is 1. The number of nitrogens with one attached hydrogen (secondary N) is 2. The minimum atomic E-state index is -0.283. The van der Waals surface area contributed by atoms with Crippen molar-refractivity contribution in [1.82, 2.24) is 20.4 Å². The van der Waals surface area contributed by atoms with Crippen molar-refractivity contribution in [2.24, 2.45) is 17.8 Å². The molecule has 132 valence electrons. The average molecular weight is 348 g/mol. The highest BCUT2D eigenvalue weighted by molar-refractivity contribution is 5.89. The summed E-state index contributed by atoms with van der Waals surface area (Å²) in [5, 5.41) is 8.05. The fraction of sp³-hybridized carbons (Fsp3) is 0.350. The van der Waals surface area contributed by atoms with E-state index < -0.39 is 0 Å². The van der Waals surface area contributed by atoms with E-state index in [2.05, 4.69) is 38.7 Å². The summed E-state index contributed by atoms with van der Waals surface area (Å²) >= 11 is 0. The summed E-state index contributed by atoms with van der Waals surface area (Å²) in [7, 11) is 0. The number of hydrogen-bond donors (Lipinski definition) is 2. The van der Waals surface area contributed by atoms with Crippen LogP contribution < -0.4 is 5.32 Å². The molecule has 5 rings (SSSR count). The van der Waals surface area contributed by atoms with Crippen LogP contribution in [0.15, 0.2) is 47.1 Å². The third-order valence-electron chi connectivity index (χ3n) is 5.63. The van der Waals surface area contributed by atoms with Gasteiger partial charge in [-0.05, 0) is 42.2 Å². The average Bonchev–Trinajstić information content (AvgIpc) is 3.44. The molecule has 0 radical (unpaired) electrons. The van der Waals surface area contributed by atoms with Gasteiger partial charge >= 0.3 is 11.8 Å². The molecule has 26 heavy (non-hydrogen) atoms. The van der Waals surface area contributed by atoms with Crippen LogP contribution in [-0.4, -0.2) is 27.6 Å². The highest BCUT2D eigenvalue weighted by Gasteiger charge is 2.35. The van der Waals surface area contributed by atoms with Crippen molar-refractivity contribution in [1.29, 1.82) is 0 Å². The Bertz CT molecular complexity index is 987. The first-order chi connectivity index (χ1) is 12.8. The van der Waals surface area contributed by atoms with Crippen LogP contribution in [0.1, 0.15) is 34.9 Å². The molecule has 0 spiro atoms. The van der Waals surface area contributed by atoms with E-state index >= 15 is 0 Å². The van der Waals surface area contributed by atoms with E-state index in [1.165, 1.54) is 6.42 Å². The predicted molar refractivity (Wildman–Crippen MR) is 96.6 cm³/mol. The highest BCUT2D eigenvalue weighted by Crippen LogP contribution is 2.42. The van der Waals surface area contributed by atoms with Crippen LogP contribution in [0.4, 0.5) is 0 Å². The van der Waals surface area contributed by atoms with Gasteiger partial charge in [0.15, 0.2) is 5.82 Å². The molecule has 1 amide bonds. The number of para-hydroxylation sites is 1. The Labute approximate surface area is 150 Å². The van der Waals surface area contributed by atoms with Gasteiger partial charge in [0.05, 0.1) is 0 Å². The molecule has 1 saturated carbocycles. The standard InChI is InChI=1S/C20H20N4O2/c25-19(22-10-14-8-12-5-6-13(14)7-12)20-23-18(24-26-20)9-15-11-21-17-4-2-1-3-16(15)17/h1-6,11-14,21H,7-10H2,(H,22,25)/t12-,13+,14+/m1/s1. The number of benzene rings is 1. The van der Waals surface area contributed by atoms with E-state index in [0.29, 0.717) is 36.5 Å². The first-order valence-electron chi connectivity index (χ1n) is 9.10. The Kier molecular flexibility index (Phi) is 3.62. The normalized spacial score (nSPS) is 23.8. The number of amides is 1. The summed E-state index contributed by atoms with van der Waals surface area (Å²) in [6.45, 7) is 0.671. The van der Waals surface area contributed by atoms with Gasteiger partial charge in [-0.3, -0.25) is 4.79 Å². The van der Waals surface area contributed by atoms with Crippen molar-refractivity contribution in [3.63, 3.8) is 0 Å². The Balaban J connectivity index is 1.23. The number of fused-ring (bicyclic) bond motifs is 3. The van der Waals surface area contributed by atoms with Crippen molar-refractivity contribution in [2.75, 3.05) is 6.54 Å². The molecule has 1 aromatic carbocycles. The van der Waals surface area contributed by atoms with Gasteiger partial charge in [0.2, 0.25) is 0 Å². The van der Waals surface area contributed by atoms with Gasteiger partial charge in [0.25, 0.3) is 0 Å². The first-order valence-corrected chi connectivity index (χ1v) is 9.10. The zero-order valence-electron chi connectivity index (χ0n) is 14.3. The Morgan fingerprint density at radius 1 is 1.27 bits per heavy atom. The molecule has 2 aliphatic carbocycles. The molecule has 2 bridgehead atoms. The van der Waals surface area contributed by atoms with Crippen LogP contribution in [0, 0.1) is 17.8 Å². The maximum atomic E-state index is 12.3. The molecule has 6 nitrogen and oxygen atoms in total. The summed E-state index contributed by atoms with van der Waals surface area (Å²) in [5.74, 6) is 2.12. The van der Waals surface area contributed by atoms with Gasteiger partial charge in [-0.2, -0.15) is 4.98 Å². The van der Waals surface area contributed by atoms with E-state index in [9.17, 15) is 4.79 Å². The molecule has 3 atom stereocenters. The number of allylic oxidation sites excluding steroid dienone is 2.